The summed E-state index contributed by atoms with van der Waals surface area (Å²) in [4.78, 5) is 29.5. The minimum absolute atomic E-state index is 0.0227. The average molecular weight is 645 g/mol. The normalized spacial score (nSPS) is 14.6. The molecular formula is C33H39Cl2N3O4S. The maximum absolute atomic E-state index is 14.3. The van der Waals surface area contributed by atoms with Crippen LogP contribution < -0.4 is 9.62 Å². The fourth-order valence-corrected chi connectivity index (χ4v) is 7.40. The van der Waals surface area contributed by atoms with Gasteiger partial charge in [0.25, 0.3) is 10.0 Å². The van der Waals surface area contributed by atoms with Gasteiger partial charge in [0.2, 0.25) is 11.8 Å². The average Bonchev–Trinajstić information content (AvgIpc) is 2.96. The summed E-state index contributed by atoms with van der Waals surface area (Å²) in [6, 6.07) is 17.8. The number of aryl methyl sites for hydroxylation is 2. The van der Waals surface area contributed by atoms with E-state index in [9.17, 15) is 18.0 Å². The van der Waals surface area contributed by atoms with Gasteiger partial charge in [0.15, 0.2) is 0 Å². The summed E-state index contributed by atoms with van der Waals surface area (Å²) in [5.74, 6) is -0.740. The van der Waals surface area contributed by atoms with E-state index in [1.165, 1.54) is 35.2 Å². The van der Waals surface area contributed by atoms with Crippen molar-refractivity contribution >= 4 is 50.7 Å². The van der Waals surface area contributed by atoms with Crippen LogP contribution in [0, 0.1) is 13.8 Å². The first-order valence-electron chi connectivity index (χ1n) is 14.7. The number of benzene rings is 3. The number of hydrogen-bond acceptors (Lipinski definition) is 4. The molecule has 2 amide bonds. The molecule has 3 aromatic carbocycles. The second-order valence-corrected chi connectivity index (χ2v) is 13.9. The Morgan fingerprint density at radius 2 is 1.56 bits per heavy atom. The molecule has 230 valence electrons. The van der Waals surface area contributed by atoms with Crippen molar-refractivity contribution in [2.75, 3.05) is 10.8 Å². The van der Waals surface area contributed by atoms with Crippen molar-refractivity contribution in [3.8, 4) is 0 Å². The van der Waals surface area contributed by atoms with E-state index in [1.54, 1.807) is 12.1 Å². The maximum atomic E-state index is 14.3. The Labute approximate surface area is 265 Å². The van der Waals surface area contributed by atoms with Crippen molar-refractivity contribution < 1.29 is 18.0 Å². The van der Waals surface area contributed by atoms with Gasteiger partial charge in [0.05, 0.1) is 10.6 Å². The Balaban J connectivity index is 1.74. The van der Waals surface area contributed by atoms with Gasteiger partial charge < -0.3 is 10.2 Å². The van der Waals surface area contributed by atoms with Crippen molar-refractivity contribution in [2.24, 2.45) is 0 Å². The molecule has 1 aliphatic carbocycles. The molecule has 7 nitrogen and oxygen atoms in total. The van der Waals surface area contributed by atoms with Crippen LogP contribution in [0.1, 0.15) is 62.1 Å². The van der Waals surface area contributed by atoms with E-state index >= 15 is 0 Å². The van der Waals surface area contributed by atoms with Crippen molar-refractivity contribution in [3.63, 3.8) is 0 Å². The number of carbonyl (C=O) groups is 2. The summed E-state index contributed by atoms with van der Waals surface area (Å²) in [5.41, 5.74) is 2.89. The summed E-state index contributed by atoms with van der Waals surface area (Å²) in [5, 5.41) is 3.63. The van der Waals surface area contributed by atoms with Gasteiger partial charge in [-0.05, 0) is 74.6 Å². The number of hydrogen-bond donors (Lipinski definition) is 1. The van der Waals surface area contributed by atoms with Crippen LogP contribution in [0.5, 0.6) is 0 Å². The molecule has 10 heteroatoms. The Bertz CT molecular complexity index is 1520. The van der Waals surface area contributed by atoms with E-state index < -0.39 is 28.5 Å². The number of halogens is 2. The molecule has 0 radical (unpaired) electrons. The first-order chi connectivity index (χ1) is 20.5. The summed E-state index contributed by atoms with van der Waals surface area (Å²) in [7, 11) is -4.22. The van der Waals surface area contributed by atoms with Crippen LogP contribution in [0.15, 0.2) is 71.6 Å². The number of carbonyl (C=O) groups excluding carboxylic acids is 2. The first-order valence-corrected chi connectivity index (χ1v) is 16.9. The van der Waals surface area contributed by atoms with Gasteiger partial charge in [-0.1, -0.05) is 91.3 Å². The number of nitrogens with zero attached hydrogens (tertiary/aromatic N) is 2. The summed E-state index contributed by atoms with van der Waals surface area (Å²) < 4.78 is 29.1. The molecule has 0 saturated heterocycles. The highest BCUT2D eigenvalue weighted by Crippen LogP contribution is 2.30. The Morgan fingerprint density at radius 3 is 2.16 bits per heavy atom. The molecule has 0 heterocycles. The highest BCUT2D eigenvalue weighted by molar-refractivity contribution is 7.92. The van der Waals surface area contributed by atoms with Crippen LogP contribution in [0.3, 0.4) is 0 Å². The number of anilines is 1. The predicted molar refractivity (Wildman–Crippen MR) is 173 cm³/mol. The van der Waals surface area contributed by atoms with Crippen LogP contribution in [0.25, 0.3) is 0 Å². The second kappa shape index (κ2) is 14.6. The number of rotatable bonds is 11. The lowest BCUT2D eigenvalue weighted by molar-refractivity contribution is -0.140. The van der Waals surface area contributed by atoms with Crippen molar-refractivity contribution in [3.05, 3.63) is 93.5 Å². The fraction of sp³-hybridized carbons (Fsp3) is 0.394. The highest BCUT2D eigenvalue weighted by Gasteiger charge is 2.34. The molecule has 4 rings (SSSR count). The van der Waals surface area contributed by atoms with Crippen LogP contribution >= 0.6 is 23.2 Å². The van der Waals surface area contributed by atoms with Crippen molar-refractivity contribution in [2.45, 2.75) is 82.8 Å². The van der Waals surface area contributed by atoms with Crippen LogP contribution in [-0.4, -0.2) is 43.8 Å². The van der Waals surface area contributed by atoms with E-state index in [0.717, 1.165) is 53.1 Å². The number of amides is 2. The molecule has 1 fully saturated rings. The van der Waals surface area contributed by atoms with Gasteiger partial charge in [-0.15, -0.1) is 0 Å². The number of sulfonamides is 1. The third kappa shape index (κ3) is 8.31. The Morgan fingerprint density at radius 1 is 0.930 bits per heavy atom. The van der Waals surface area contributed by atoms with E-state index in [0.29, 0.717) is 6.42 Å². The lowest BCUT2D eigenvalue weighted by atomic mass is 9.95. The molecule has 0 aliphatic heterocycles. The van der Waals surface area contributed by atoms with Crippen molar-refractivity contribution in [1.82, 2.24) is 10.2 Å². The van der Waals surface area contributed by atoms with E-state index in [1.807, 2.05) is 45.0 Å². The monoisotopic (exact) mass is 643 g/mol. The Hall–Kier alpha value is -3.07. The minimum atomic E-state index is -4.22. The molecule has 1 aliphatic rings. The third-order valence-corrected chi connectivity index (χ3v) is 10.2. The van der Waals surface area contributed by atoms with Crippen LogP contribution in [0.4, 0.5) is 5.69 Å². The molecule has 0 spiro atoms. The van der Waals surface area contributed by atoms with E-state index in [-0.39, 0.29) is 39.1 Å². The predicted octanol–water partition coefficient (Wildman–Crippen LogP) is 7.06. The summed E-state index contributed by atoms with van der Waals surface area (Å²) >= 11 is 12.6. The standard InChI is InChI=1S/C33H39Cl2N3O4S/c1-4-31(33(40)36-28-12-6-5-7-13-28)37(21-25-11-9-8-10-24(25)3)32(39)22-38(29-19-26(34)18-27(35)20-29)43(41,42)30-16-14-23(2)15-17-30/h8-11,14-20,28,31H,4-7,12-13,21-22H2,1-3H3,(H,36,40)/t31-/m0/s1. The fourth-order valence-electron chi connectivity index (χ4n) is 5.48. The van der Waals surface area contributed by atoms with E-state index in [2.05, 4.69) is 5.32 Å². The van der Waals surface area contributed by atoms with Gasteiger partial charge in [-0.3, -0.25) is 13.9 Å². The smallest absolute Gasteiger partial charge is 0.264 e. The third-order valence-electron chi connectivity index (χ3n) is 7.96. The molecule has 1 atom stereocenters. The molecule has 0 unspecified atom stereocenters. The highest BCUT2D eigenvalue weighted by atomic mass is 35.5. The topological polar surface area (TPSA) is 86.8 Å². The SMILES string of the molecule is CC[C@@H](C(=O)NC1CCCCC1)N(Cc1ccccc1C)C(=O)CN(c1cc(Cl)cc(Cl)c1)S(=O)(=O)c1ccc(C)cc1. The van der Waals surface area contributed by atoms with Crippen molar-refractivity contribution in [1.29, 1.82) is 0 Å². The summed E-state index contributed by atoms with van der Waals surface area (Å²) in [6.07, 6.45) is 5.45. The summed E-state index contributed by atoms with van der Waals surface area (Å²) in [6.45, 7) is 5.27. The minimum Gasteiger partial charge on any atom is -0.352 e. The second-order valence-electron chi connectivity index (χ2n) is 11.2. The molecule has 1 saturated carbocycles. The quantitative estimate of drug-likeness (QED) is 0.242. The zero-order chi connectivity index (χ0) is 31.1. The molecule has 0 bridgehead atoms. The first kappa shape index (κ1) is 32.8. The Kier molecular flexibility index (Phi) is 11.2. The van der Waals surface area contributed by atoms with Crippen LogP contribution in [-0.2, 0) is 26.2 Å². The molecule has 43 heavy (non-hydrogen) atoms. The van der Waals surface area contributed by atoms with Gasteiger partial charge in [-0.25, -0.2) is 8.42 Å². The van der Waals surface area contributed by atoms with Gasteiger partial charge >= 0.3 is 0 Å². The largest absolute Gasteiger partial charge is 0.352 e. The molecular weight excluding hydrogens is 605 g/mol. The zero-order valence-corrected chi connectivity index (χ0v) is 27.2. The van der Waals surface area contributed by atoms with E-state index in [4.69, 9.17) is 23.2 Å². The molecule has 1 N–H and O–H groups in total. The van der Waals surface area contributed by atoms with Crippen LogP contribution in [0.2, 0.25) is 10.0 Å². The molecule has 0 aromatic heterocycles. The lowest BCUT2D eigenvalue weighted by Gasteiger charge is -2.34. The van der Waals surface area contributed by atoms with Gasteiger partial charge in [0, 0.05) is 22.6 Å². The van der Waals surface area contributed by atoms with Gasteiger partial charge in [-0.2, -0.15) is 0 Å². The zero-order valence-electron chi connectivity index (χ0n) is 24.9. The maximum Gasteiger partial charge on any atom is 0.264 e. The number of nitrogens with one attached hydrogen (secondary N) is 1. The molecule has 3 aromatic rings. The lowest BCUT2D eigenvalue weighted by Crippen LogP contribution is -2.54. The van der Waals surface area contributed by atoms with Gasteiger partial charge in [0.1, 0.15) is 12.6 Å².